The number of hydrogen-bond donors (Lipinski definition) is 2. The molecular formula is C25H30N2O4. The van der Waals surface area contributed by atoms with Crippen LogP contribution in [0.15, 0.2) is 54.6 Å². The Labute approximate surface area is 183 Å². The molecule has 6 heteroatoms. The lowest BCUT2D eigenvalue weighted by Gasteiger charge is -2.51. The van der Waals surface area contributed by atoms with E-state index in [2.05, 4.69) is 22.3 Å². The Bertz CT molecular complexity index is 932. The normalized spacial score (nSPS) is 25.6. The van der Waals surface area contributed by atoms with Crippen LogP contribution in [0.5, 0.6) is 0 Å². The third-order valence-electron chi connectivity index (χ3n) is 6.48. The van der Waals surface area contributed by atoms with Crippen LogP contribution in [0.2, 0.25) is 0 Å². The smallest absolute Gasteiger partial charge is 0.340 e. The first-order valence-corrected chi connectivity index (χ1v) is 10.9. The largest absolute Gasteiger partial charge is 0.461 e. The van der Waals surface area contributed by atoms with Crippen molar-refractivity contribution in [1.82, 2.24) is 4.90 Å². The molecule has 3 atom stereocenters. The maximum atomic E-state index is 12.8. The maximum Gasteiger partial charge on any atom is 0.340 e. The number of carbonyl (C=O) groups excluding carboxylic acids is 2. The molecule has 1 aliphatic heterocycles. The van der Waals surface area contributed by atoms with Crippen molar-refractivity contribution in [1.29, 1.82) is 0 Å². The second-order valence-corrected chi connectivity index (χ2v) is 9.03. The number of aliphatic hydroxyl groups is 1. The second kappa shape index (κ2) is 9.20. The molecule has 1 amide bonds. The van der Waals surface area contributed by atoms with E-state index >= 15 is 0 Å². The zero-order valence-electron chi connectivity index (χ0n) is 17.9. The van der Waals surface area contributed by atoms with Gasteiger partial charge in [0.25, 0.3) is 0 Å². The summed E-state index contributed by atoms with van der Waals surface area (Å²) in [6.07, 6.45) is 2.13. The fraction of sp³-hybridized carbons (Fsp3) is 0.440. The summed E-state index contributed by atoms with van der Waals surface area (Å²) >= 11 is 0. The Kier molecular flexibility index (Phi) is 6.39. The molecule has 2 aliphatic rings. The number of fused-ring (bicyclic) bond motifs is 2. The van der Waals surface area contributed by atoms with Crippen molar-refractivity contribution in [2.45, 2.75) is 38.8 Å². The van der Waals surface area contributed by atoms with Crippen molar-refractivity contribution in [3.8, 4) is 0 Å². The Balaban J connectivity index is 1.46. The van der Waals surface area contributed by atoms with Crippen LogP contribution in [0.3, 0.4) is 0 Å². The van der Waals surface area contributed by atoms with Gasteiger partial charge < -0.3 is 15.2 Å². The van der Waals surface area contributed by atoms with E-state index in [0.717, 1.165) is 38.9 Å². The number of benzene rings is 2. The van der Waals surface area contributed by atoms with Crippen LogP contribution >= 0.6 is 0 Å². The lowest BCUT2D eigenvalue weighted by Crippen LogP contribution is -2.55. The highest BCUT2D eigenvalue weighted by Crippen LogP contribution is 2.45. The van der Waals surface area contributed by atoms with Gasteiger partial charge in [0.1, 0.15) is 0 Å². The highest BCUT2D eigenvalue weighted by Gasteiger charge is 2.46. The first-order valence-electron chi connectivity index (χ1n) is 10.9. The van der Waals surface area contributed by atoms with Gasteiger partial charge in [0.2, 0.25) is 5.91 Å². The lowest BCUT2D eigenvalue weighted by atomic mass is 9.66. The van der Waals surface area contributed by atoms with Gasteiger partial charge in [-0.1, -0.05) is 42.5 Å². The van der Waals surface area contributed by atoms with Crippen molar-refractivity contribution < 1.29 is 19.4 Å². The quantitative estimate of drug-likeness (QED) is 0.697. The summed E-state index contributed by atoms with van der Waals surface area (Å²) in [5.74, 6) is -0.468. The summed E-state index contributed by atoms with van der Waals surface area (Å²) in [7, 11) is 0. The zero-order chi connectivity index (χ0) is 21.8. The minimum atomic E-state index is -0.429. The van der Waals surface area contributed by atoms with Crippen molar-refractivity contribution >= 4 is 17.6 Å². The summed E-state index contributed by atoms with van der Waals surface area (Å²) in [6.45, 7) is 4.25. The molecule has 0 aromatic heterocycles. The summed E-state index contributed by atoms with van der Waals surface area (Å²) in [6, 6.07) is 17.2. The number of likely N-dealkylation sites (tertiary alicyclic amines) is 1. The molecule has 0 radical (unpaired) electrons. The van der Waals surface area contributed by atoms with Gasteiger partial charge >= 0.3 is 5.97 Å². The molecule has 2 aromatic rings. The van der Waals surface area contributed by atoms with Crippen LogP contribution in [0, 0.1) is 11.3 Å². The summed E-state index contributed by atoms with van der Waals surface area (Å²) in [5, 5.41) is 13.2. The average Bonchev–Trinajstić information content (AvgIpc) is 2.76. The van der Waals surface area contributed by atoms with E-state index < -0.39 is 5.97 Å². The van der Waals surface area contributed by atoms with Crippen LogP contribution in [-0.4, -0.2) is 47.7 Å². The van der Waals surface area contributed by atoms with E-state index in [1.54, 1.807) is 24.3 Å². The number of rotatable bonds is 6. The van der Waals surface area contributed by atoms with Crippen LogP contribution in [0.4, 0.5) is 5.69 Å². The number of nitrogens with zero attached hydrogens (tertiary/aromatic N) is 1. The SMILES string of the molecule is CC(=O)Nc1ccccc1C(=O)OC[C@]12CC[C@H](O)[C@H](CN(Cc3ccccc3)C1)C2. The zero-order valence-corrected chi connectivity index (χ0v) is 17.9. The molecule has 31 heavy (non-hydrogen) atoms. The van der Waals surface area contributed by atoms with Gasteiger partial charge in [0.15, 0.2) is 0 Å². The fourth-order valence-corrected chi connectivity index (χ4v) is 5.08. The van der Waals surface area contributed by atoms with Crippen molar-refractivity contribution in [2.75, 3.05) is 25.0 Å². The van der Waals surface area contributed by atoms with E-state index in [9.17, 15) is 14.7 Å². The molecule has 0 unspecified atom stereocenters. The van der Waals surface area contributed by atoms with E-state index in [1.165, 1.54) is 12.5 Å². The van der Waals surface area contributed by atoms with Crippen LogP contribution < -0.4 is 5.32 Å². The average molecular weight is 423 g/mol. The number of carbonyl (C=O) groups is 2. The van der Waals surface area contributed by atoms with Gasteiger partial charge in [-0.3, -0.25) is 9.69 Å². The minimum absolute atomic E-state index is 0.157. The maximum absolute atomic E-state index is 12.8. The number of para-hydroxylation sites is 1. The number of anilines is 1. The number of aliphatic hydroxyl groups excluding tert-OH is 1. The van der Waals surface area contributed by atoms with Gasteiger partial charge in [0, 0.05) is 32.0 Å². The molecule has 0 spiro atoms. The number of ether oxygens (including phenoxy) is 1. The van der Waals surface area contributed by atoms with E-state index in [4.69, 9.17) is 4.74 Å². The van der Waals surface area contributed by atoms with Crippen LogP contribution in [0.25, 0.3) is 0 Å². The number of esters is 1. The molecule has 6 nitrogen and oxygen atoms in total. The van der Waals surface area contributed by atoms with Gasteiger partial charge in [-0.15, -0.1) is 0 Å². The Morgan fingerprint density at radius 1 is 1.16 bits per heavy atom. The Morgan fingerprint density at radius 3 is 2.68 bits per heavy atom. The van der Waals surface area contributed by atoms with Crippen LogP contribution in [-0.2, 0) is 16.1 Å². The molecule has 1 heterocycles. The molecule has 2 fully saturated rings. The fourth-order valence-electron chi connectivity index (χ4n) is 5.08. The van der Waals surface area contributed by atoms with E-state index in [-0.39, 0.29) is 23.3 Å². The van der Waals surface area contributed by atoms with Crippen molar-refractivity contribution in [2.24, 2.45) is 11.3 Å². The minimum Gasteiger partial charge on any atom is -0.461 e. The molecular weight excluding hydrogens is 392 g/mol. The van der Waals surface area contributed by atoms with Gasteiger partial charge in [-0.25, -0.2) is 4.79 Å². The lowest BCUT2D eigenvalue weighted by molar-refractivity contribution is -0.114. The number of hydrogen-bond acceptors (Lipinski definition) is 5. The third-order valence-corrected chi connectivity index (χ3v) is 6.48. The molecule has 2 bridgehead atoms. The Morgan fingerprint density at radius 2 is 1.90 bits per heavy atom. The Hall–Kier alpha value is -2.70. The number of nitrogens with one attached hydrogen (secondary N) is 1. The molecule has 2 aromatic carbocycles. The number of amides is 1. The van der Waals surface area contributed by atoms with E-state index in [1.807, 2.05) is 18.2 Å². The standard InChI is InChI=1S/C25H30N2O4/c1-18(28)26-22-10-6-5-9-21(22)24(30)31-17-25-12-11-23(29)20(13-25)15-27(16-25)14-19-7-3-2-4-8-19/h2-10,20,23,29H,11-17H2,1H3,(H,26,28)/t20-,23-,25-/m0/s1. The van der Waals surface area contributed by atoms with Gasteiger partial charge in [0.05, 0.1) is 24.0 Å². The summed E-state index contributed by atoms with van der Waals surface area (Å²) < 4.78 is 5.80. The molecule has 1 saturated heterocycles. The third kappa shape index (κ3) is 5.14. The monoisotopic (exact) mass is 422 g/mol. The summed E-state index contributed by atoms with van der Waals surface area (Å²) in [4.78, 5) is 26.7. The topological polar surface area (TPSA) is 78.9 Å². The highest BCUT2D eigenvalue weighted by atomic mass is 16.5. The summed E-state index contributed by atoms with van der Waals surface area (Å²) in [5.41, 5.74) is 1.91. The van der Waals surface area contributed by atoms with Crippen LogP contribution in [0.1, 0.15) is 42.1 Å². The molecule has 4 rings (SSSR count). The molecule has 164 valence electrons. The molecule has 1 aliphatic carbocycles. The first kappa shape index (κ1) is 21.5. The predicted octanol–water partition coefficient (Wildman–Crippen LogP) is 3.47. The highest BCUT2D eigenvalue weighted by molar-refractivity contribution is 6.00. The molecule has 1 saturated carbocycles. The van der Waals surface area contributed by atoms with Crippen molar-refractivity contribution in [3.05, 3.63) is 65.7 Å². The number of piperidine rings is 1. The van der Waals surface area contributed by atoms with E-state index in [0.29, 0.717) is 17.9 Å². The molecule has 2 N–H and O–H groups in total. The second-order valence-electron chi connectivity index (χ2n) is 9.03. The van der Waals surface area contributed by atoms with Gasteiger partial charge in [-0.2, -0.15) is 0 Å². The predicted molar refractivity (Wildman–Crippen MR) is 119 cm³/mol. The first-order chi connectivity index (χ1) is 14.9. The van der Waals surface area contributed by atoms with Gasteiger partial charge in [-0.05, 0) is 42.9 Å². The van der Waals surface area contributed by atoms with Crippen molar-refractivity contribution in [3.63, 3.8) is 0 Å².